The maximum absolute atomic E-state index is 13.0. The summed E-state index contributed by atoms with van der Waals surface area (Å²) in [7, 11) is 0. The van der Waals surface area contributed by atoms with Gasteiger partial charge in [-0.3, -0.25) is 0 Å². The molecular formula is C11H6F3NO3. The first-order valence-corrected chi connectivity index (χ1v) is 4.76. The van der Waals surface area contributed by atoms with Crippen LogP contribution in [0.5, 0.6) is 0 Å². The normalized spacial score (nSPS) is 10.7. The predicted molar refractivity (Wildman–Crippen MR) is 53.5 cm³/mol. The van der Waals surface area contributed by atoms with Gasteiger partial charge in [0, 0.05) is 5.56 Å². The lowest BCUT2D eigenvalue weighted by atomic mass is 10.1. The molecule has 2 rings (SSSR count). The molecule has 0 spiro atoms. The third-order valence-electron chi connectivity index (χ3n) is 2.33. The van der Waals surface area contributed by atoms with E-state index in [1.807, 2.05) is 0 Å². The molecule has 0 unspecified atom stereocenters. The van der Waals surface area contributed by atoms with E-state index in [2.05, 4.69) is 9.68 Å². The van der Waals surface area contributed by atoms with Gasteiger partial charge < -0.3 is 9.63 Å². The highest BCUT2D eigenvalue weighted by Gasteiger charge is 2.23. The van der Waals surface area contributed by atoms with Crippen molar-refractivity contribution in [2.75, 3.05) is 0 Å². The summed E-state index contributed by atoms with van der Waals surface area (Å²) in [6.45, 7) is 1.34. The third-order valence-corrected chi connectivity index (χ3v) is 2.33. The van der Waals surface area contributed by atoms with Gasteiger partial charge in [0.1, 0.15) is 17.0 Å². The van der Waals surface area contributed by atoms with Crippen molar-refractivity contribution in [3.8, 4) is 11.3 Å². The first-order chi connectivity index (χ1) is 8.41. The molecule has 7 heteroatoms. The second-order valence-corrected chi connectivity index (χ2v) is 3.52. The monoisotopic (exact) mass is 257 g/mol. The largest absolute Gasteiger partial charge is 0.477 e. The molecule has 1 aromatic heterocycles. The SMILES string of the molecule is Cc1onc(-c2cc(F)c(F)c(F)c2)c1C(=O)O. The van der Waals surface area contributed by atoms with Gasteiger partial charge in [-0.1, -0.05) is 5.16 Å². The van der Waals surface area contributed by atoms with Gasteiger partial charge in [0.05, 0.1) is 0 Å². The van der Waals surface area contributed by atoms with Crippen LogP contribution in [-0.2, 0) is 0 Å². The van der Waals surface area contributed by atoms with Crippen LogP contribution in [0, 0.1) is 24.4 Å². The van der Waals surface area contributed by atoms with Gasteiger partial charge in [0.2, 0.25) is 0 Å². The highest BCUT2D eigenvalue weighted by atomic mass is 19.2. The number of carboxylic acids is 1. The van der Waals surface area contributed by atoms with E-state index >= 15 is 0 Å². The Kier molecular flexibility index (Phi) is 2.82. The highest BCUT2D eigenvalue weighted by Crippen LogP contribution is 2.27. The molecule has 0 aliphatic heterocycles. The molecule has 1 heterocycles. The topological polar surface area (TPSA) is 63.3 Å². The summed E-state index contributed by atoms with van der Waals surface area (Å²) >= 11 is 0. The Morgan fingerprint density at radius 3 is 2.33 bits per heavy atom. The van der Waals surface area contributed by atoms with Crippen LogP contribution >= 0.6 is 0 Å². The molecule has 0 atom stereocenters. The average molecular weight is 257 g/mol. The fraction of sp³-hybridized carbons (Fsp3) is 0.0909. The predicted octanol–water partition coefficient (Wildman–Crippen LogP) is 2.77. The fourth-order valence-electron chi connectivity index (χ4n) is 1.51. The van der Waals surface area contributed by atoms with Crippen LogP contribution in [0.15, 0.2) is 16.7 Å². The van der Waals surface area contributed by atoms with Gasteiger partial charge in [0.25, 0.3) is 0 Å². The van der Waals surface area contributed by atoms with Crippen molar-refractivity contribution in [3.63, 3.8) is 0 Å². The number of aromatic nitrogens is 1. The molecule has 0 aliphatic rings. The molecule has 2 aromatic rings. The van der Waals surface area contributed by atoms with E-state index < -0.39 is 23.4 Å². The number of halogens is 3. The van der Waals surface area contributed by atoms with Crippen molar-refractivity contribution >= 4 is 5.97 Å². The zero-order valence-electron chi connectivity index (χ0n) is 9.00. The molecule has 4 nitrogen and oxygen atoms in total. The van der Waals surface area contributed by atoms with E-state index in [0.717, 1.165) is 0 Å². The van der Waals surface area contributed by atoms with Crippen molar-refractivity contribution in [3.05, 3.63) is 40.9 Å². The molecule has 0 saturated heterocycles. The van der Waals surface area contributed by atoms with Crippen LogP contribution in [0.1, 0.15) is 16.1 Å². The third kappa shape index (κ3) is 1.83. The summed E-state index contributed by atoms with van der Waals surface area (Å²) < 4.78 is 43.5. The Morgan fingerprint density at radius 1 is 1.28 bits per heavy atom. The van der Waals surface area contributed by atoms with E-state index in [-0.39, 0.29) is 22.6 Å². The quantitative estimate of drug-likeness (QED) is 0.840. The standard InChI is InChI=1S/C11H6F3NO3/c1-4-8(11(16)17)10(15-18-4)5-2-6(12)9(14)7(13)3-5/h2-3H,1H3,(H,16,17). The van der Waals surface area contributed by atoms with Gasteiger partial charge in [0.15, 0.2) is 17.5 Å². The molecule has 0 saturated carbocycles. The van der Waals surface area contributed by atoms with E-state index in [1.165, 1.54) is 6.92 Å². The van der Waals surface area contributed by atoms with Crippen molar-refractivity contribution in [1.29, 1.82) is 0 Å². The molecule has 94 valence electrons. The smallest absolute Gasteiger partial charge is 0.341 e. The lowest BCUT2D eigenvalue weighted by molar-refractivity contribution is 0.0695. The fourth-order valence-corrected chi connectivity index (χ4v) is 1.51. The van der Waals surface area contributed by atoms with Crippen LogP contribution in [0.2, 0.25) is 0 Å². The maximum Gasteiger partial charge on any atom is 0.341 e. The zero-order valence-corrected chi connectivity index (χ0v) is 9.00. The minimum absolute atomic E-state index is 0.0114. The van der Waals surface area contributed by atoms with Crippen molar-refractivity contribution < 1.29 is 27.6 Å². The van der Waals surface area contributed by atoms with E-state index in [4.69, 9.17) is 5.11 Å². The van der Waals surface area contributed by atoms with Crippen LogP contribution in [0.3, 0.4) is 0 Å². The number of carboxylic acid groups (broad SMARTS) is 1. The number of benzene rings is 1. The molecule has 1 N–H and O–H groups in total. The van der Waals surface area contributed by atoms with Crippen LogP contribution in [0.25, 0.3) is 11.3 Å². The summed E-state index contributed by atoms with van der Waals surface area (Å²) in [5, 5.41) is 12.3. The minimum Gasteiger partial charge on any atom is -0.477 e. The van der Waals surface area contributed by atoms with E-state index in [9.17, 15) is 18.0 Å². The van der Waals surface area contributed by atoms with Gasteiger partial charge in [-0.25, -0.2) is 18.0 Å². The molecule has 0 amide bonds. The second-order valence-electron chi connectivity index (χ2n) is 3.52. The number of carbonyl (C=O) groups is 1. The molecule has 0 fully saturated rings. The number of nitrogens with zero attached hydrogens (tertiary/aromatic N) is 1. The lowest BCUT2D eigenvalue weighted by Crippen LogP contribution is -2.00. The molecule has 18 heavy (non-hydrogen) atoms. The van der Waals surface area contributed by atoms with Gasteiger partial charge >= 0.3 is 5.97 Å². The second kappa shape index (κ2) is 4.17. The van der Waals surface area contributed by atoms with Crippen molar-refractivity contribution in [1.82, 2.24) is 5.16 Å². The minimum atomic E-state index is -1.63. The Labute approximate surface area is 98.6 Å². The zero-order chi connectivity index (χ0) is 13.4. The number of aromatic carboxylic acids is 1. The van der Waals surface area contributed by atoms with Gasteiger partial charge in [-0.2, -0.15) is 0 Å². The Bertz CT molecular complexity index is 613. The summed E-state index contributed by atoms with van der Waals surface area (Å²) in [4.78, 5) is 11.0. The average Bonchev–Trinajstić information content (AvgIpc) is 2.67. The Hall–Kier alpha value is -2.31. The maximum atomic E-state index is 13.0. The van der Waals surface area contributed by atoms with Crippen LogP contribution < -0.4 is 0 Å². The van der Waals surface area contributed by atoms with E-state index in [1.54, 1.807) is 0 Å². The van der Waals surface area contributed by atoms with Gasteiger partial charge in [-0.15, -0.1) is 0 Å². The van der Waals surface area contributed by atoms with Crippen molar-refractivity contribution in [2.24, 2.45) is 0 Å². The first kappa shape index (κ1) is 12.2. The number of rotatable bonds is 2. The van der Waals surface area contributed by atoms with Crippen LogP contribution in [-0.4, -0.2) is 16.2 Å². The molecule has 0 aliphatic carbocycles. The summed E-state index contributed by atoms with van der Waals surface area (Å²) in [6.07, 6.45) is 0. The van der Waals surface area contributed by atoms with Crippen LogP contribution in [0.4, 0.5) is 13.2 Å². The van der Waals surface area contributed by atoms with E-state index in [0.29, 0.717) is 12.1 Å². The molecule has 0 radical (unpaired) electrons. The lowest BCUT2D eigenvalue weighted by Gasteiger charge is -2.01. The number of hydrogen-bond donors (Lipinski definition) is 1. The van der Waals surface area contributed by atoms with Crippen molar-refractivity contribution in [2.45, 2.75) is 6.92 Å². The summed E-state index contributed by atoms with van der Waals surface area (Å²) in [5.74, 6) is -5.85. The van der Waals surface area contributed by atoms with Gasteiger partial charge in [-0.05, 0) is 19.1 Å². The Morgan fingerprint density at radius 2 is 1.83 bits per heavy atom. The molecule has 0 bridgehead atoms. The number of aryl methyl sites for hydroxylation is 1. The summed E-state index contributed by atoms with van der Waals surface area (Å²) in [5.41, 5.74) is -0.779. The first-order valence-electron chi connectivity index (χ1n) is 4.76. The number of hydrogen-bond acceptors (Lipinski definition) is 3. The Balaban J connectivity index is 2.66. The molecule has 1 aromatic carbocycles. The highest BCUT2D eigenvalue weighted by molar-refractivity contribution is 5.95. The molecular weight excluding hydrogens is 251 g/mol. The summed E-state index contributed by atoms with van der Waals surface area (Å²) in [6, 6.07) is 1.31.